The van der Waals surface area contributed by atoms with Crippen LogP contribution in [-0.2, 0) is 0 Å². The van der Waals surface area contributed by atoms with Gasteiger partial charge in [0, 0.05) is 55.9 Å². The van der Waals surface area contributed by atoms with E-state index in [0.29, 0.717) is 12.2 Å². The number of benzene rings is 3. The molecule has 1 fully saturated rings. The number of para-hydroxylation sites is 1. The van der Waals surface area contributed by atoms with E-state index in [2.05, 4.69) is 47.2 Å². The number of carbonyl (C=O) groups excluding carboxylic acids is 1. The standard InChI is InChI=1S/C31H35N5O/c1-24-11-9-16-29(25(24)2)35-21-19-34(20-22-35)18-10-17-32-31(37)28-23-36(27-14-7-4-8-15-27)30(33-28)26-12-5-3-6-13-26/h3-9,11-16,23H,10,17-22H2,1-2H3,(H,32,37). The minimum Gasteiger partial charge on any atom is -0.369 e. The third-order valence-corrected chi connectivity index (χ3v) is 7.23. The number of nitrogens with zero attached hydrogens (tertiary/aromatic N) is 4. The van der Waals surface area contributed by atoms with Crippen LogP contribution in [0.15, 0.2) is 85.1 Å². The van der Waals surface area contributed by atoms with Gasteiger partial charge in [-0.15, -0.1) is 0 Å². The van der Waals surface area contributed by atoms with Crippen molar-refractivity contribution in [2.75, 3.05) is 44.2 Å². The van der Waals surface area contributed by atoms with Crippen LogP contribution >= 0.6 is 0 Å². The maximum absolute atomic E-state index is 13.0. The summed E-state index contributed by atoms with van der Waals surface area (Å²) in [6, 6.07) is 26.6. The van der Waals surface area contributed by atoms with E-state index in [9.17, 15) is 4.79 Å². The lowest BCUT2D eigenvalue weighted by Gasteiger charge is -2.37. The highest BCUT2D eigenvalue weighted by atomic mass is 16.1. The molecule has 1 amide bonds. The van der Waals surface area contributed by atoms with Gasteiger partial charge < -0.3 is 10.2 Å². The average Bonchev–Trinajstić information content (AvgIpc) is 3.40. The van der Waals surface area contributed by atoms with Gasteiger partial charge >= 0.3 is 0 Å². The Hall–Kier alpha value is -3.90. The fourth-order valence-corrected chi connectivity index (χ4v) is 4.95. The third kappa shape index (κ3) is 5.75. The van der Waals surface area contributed by atoms with Gasteiger partial charge in [0.2, 0.25) is 0 Å². The first kappa shape index (κ1) is 24.8. The minimum atomic E-state index is -0.133. The number of imidazole rings is 1. The first-order chi connectivity index (χ1) is 18.1. The van der Waals surface area contributed by atoms with Gasteiger partial charge in [-0.05, 0) is 56.1 Å². The summed E-state index contributed by atoms with van der Waals surface area (Å²) in [5.74, 6) is 0.630. The number of anilines is 1. The molecule has 1 aliphatic heterocycles. The number of aryl methyl sites for hydroxylation is 1. The van der Waals surface area contributed by atoms with E-state index in [0.717, 1.165) is 56.2 Å². The van der Waals surface area contributed by atoms with E-state index in [-0.39, 0.29) is 5.91 Å². The molecule has 4 aromatic rings. The quantitative estimate of drug-likeness (QED) is 0.347. The third-order valence-electron chi connectivity index (χ3n) is 7.23. The summed E-state index contributed by atoms with van der Waals surface area (Å²) in [6.45, 7) is 10.2. The number of rotatable bonds is 8. The zero-order valence-corrected chi connectivity index (χ0v) is 21.7. The summed E-state index contributed by atoms with van der Waals surface area (Å²) in [5.41, 5.74) is 6.48. The van der Waals surface area contributed by atoms with E-state index < -0.39 is 0 Å². The highest BCUT2D eigenvalue weighted by molar-refractivity contribution is 5.93. The van der Waals surface area contributed by atoms with Crippen molar-refractivity contribution in [2.45, 2.75) is 20.3 Å². The molecule has 1 N–H and O–H groups in total. The molecule has 37 heavy (non-hydrogen) atoms. The number of hydrogen-bond acceptors (Lipinski definition) is 4. The predicted molar refractivity (Wildman–Crippen MR) is 151 cm³/mol. The fraction of sp³-hybridized carbons (Fsp3) is 0.290. The first-order valence-corrected chi connectivity index (χ1v) is 13.1. The lowest BCUT2D eigenvalue weighted by Crippen LogP contribution is -2.47. The van der Waals surface area contributed by atoms with Crippen LogP contribution in [0.2, 0.25) is 0 Å². The zero-order chi connectivity index (χ0) is 25.6. The van der Waals surface area contributed by atoms with Crippen molar-refractivity contribution in [2.24, 2.45) is 0 Å². The molecule has 0 aliphatic carbocycles. The molecule has 0 bridgehead atoms. The molecular weight excluding hydrogens is 458 g/mol. The topological polar surface area (TPSA) is 53.4 Å². The molecule has 6 heteroatoms. The Morgan fingerprint density at radius 3 is 2.30 bits per heavy atom. The van der Waals surface area contributed by atoms with Gasteiger partial charge in [-0.1, -0.05) is 60.7 Å². The lowest BCUT2D eigenvalue weighted by molar-refractivity contribution is 0.0947. The Balaban J connectivity index is 1.15. The first-order valence-electron chi connectivity index (χ1n) is 13.1. The highest BCUT2D eigenvalue weighted by Crippen LogP contribution is 2.24. The van der Waals surface area contributed by atoms with Crippen molar-refractivity contribution in [3.8, 4) is 17.1 Å². The van der Waals surface area contributed by atoms with Crippen molar-refractivity contribution in [3.63, 3.8) is 0 Å². The van der Waals surface area contributed by atoms with Crippen molar-refractivity contribution in [1.29, 1.82) is 0 Å². The normalized spacial score (nSPS) is 14.1. The van der Waals surface area contributed by atoms with Gasteiger partial charge in [0.1, 0.15) is 11.5 Å². The zero-order valence-electron chi connectivity index (χ0n) is 21.7. The molecule has 0 spiro atoms. The monoisotopic (exact) mass is 493 g/mol. The van der Waals surface area contributed by atoms with Crippen molar-refractivity contribution < 1.29 is 4.79 Å². The maximum Gasteiger partial charge on any atom is 0.271 e. The maximum atomic E-state index is 13.0. The number of hydrogen-bond donors (Lipinski definition) is 1. The van der Waals surface area contributed by atoms with Crippen molar-refractivity contribution in [3.05, 3.63) is 102 Å². The van der Waals surface area contributed by atoms with Crippen LogP contribution in [-0.4, -0.2) is 59.6 Å². The summed E-state index contributed by atoms with van der Waals surface area (Å²) >= 11 is 0. The number of piperazine rings is 1. The molecule has 0 unspecified atom stereocenters. The van der Waals surface area contributed by atoms with Crippen LogP contribution in [0.4, 0.5) is 5.69 Å². The number of amides is 1. The molecule has 5 rings (SSSR count). The van der Waals surface area contributed by atoms with Crippen LogP contribution in [0.3, 0.4) is 0 Å². The highest BCUT2D eigenvalue weighted by Gasteiger charge is 2.19. The van der Waals surface area contributed by atoms with E-state index in [1.54, 1.807) is 0 Å². The molecule has 0 saturated carbocycles. The SMILES string of the molecule is Cc1cccc(N2CCN(CCCNC(=O)c3cn(-c4ccccc4)c(-c4ccccc4)n3)CC2)c1C. The van der Waals surface area contributed by atoms with Crippen molar-refractivity contribution >= 4 is 11.6 Å². The van der Waals surface area contributed by atoms with Gasteiger partial charge in [0.25, 0.3) is 5.91 Å². The van der Waals surface area contributed by atoms with Gasteiger partial charge in [0.05, 0.1) is 0 Å². The van der Waals surface area contributed by atoms with E-state index in [4.69, 9.17) is 4.98 Å². The van der Waals surface area contributed by atoms with Crippen LogP contribution in [0, 0.1) is 13.8 Å². The van der Waals surface area contributed by atoms with Gasteiger partial charge in [-0.25, -0.2) is 4.98 Å². The van der Waals surface area contributed by atoms with E-state index in [1.165, 1.54) is 16.8 Å². The minimum absolute atomic E-state index is 0.133. The van der Waals surface area contributed by atoms with Gasteiger partial charge in [-0.3, -0.25) is 14.3 Å². The molecule has 0 atom stereocenters. The van der Waals surface area contributed by atoms with Gasteiger partial charge in [-0.2, -0.15) is 0 Å². The van der Waals surface area contributed by atoms with Gasteiger partial charge in [0.15, 0.2) is 0 Å². The summed E-state index contributed by atoms with van der Waals surface area (Å²) in [7, 11) is 0. The Bertz CT molecular complexity index is 1270. The summed E-state index contributed by atoms with van der Waals surface area (Å²) < 4.78 is 1.99. The molecule has 0 radical (unpaired) electrons. The second-order valence-electron chi connectivity index (χ2n) is 9.68. The van der Waals surface area contributed by atoms with Crippen LogP contribution < -0.4 is 10.2 Å². The Kier molecular flexibility index (Phi) is 7.66. The average molecular weight is 494 g/mol. The molecular formula is C31H35N5O. The number of nitrogens with one attached hydrogen (secondary N) is 1. The molecule has 1 aliphatic rings. The van der Waals surface area contributed by atoms with Crippen LogP contribution in [0.5, 0.6) is 0 Å². The Morgan fingerprint density at radius 2 is 1.57 bits per heavy atom. The van der Waals surface area contributed by atoms with Crippen LogP contribution in [0.25, 0.3) is 17.1 Å². The van der Waals surface area contributed by atoms with E-state index >= 15 is 0 Å². The largest absolute Gasteiger partial charge is 0.369 e. The second-order valence-corrected chi connectivity index (χ2v) is 9.68. The smallest absolute Gasteiger partial charge is 0.271 e. The number of carbonyl (C=O) groups is 1. The summed E-state index contributed by atoms with van der Waals surface area (Å²) in [6.07, 6.45) is 2.75. The summed E-state index contributed by atoms with van der Waals surface area (Å²) in [5, 5.41) is 3.08. The molecule has 1 aromatic heterocycles. The predicted octanol–water partition coefficient (Wildman–Crippen LogP) is 5.10. The lowest BCUT2D eigenvalue weighted by atomic mass is 10.1. The molecule has 3 aromatic carbocycles. The molecule has 2 heterocycles. The van der Waals surface area contributed by atoms with E-state index in [1.807, 2.05) is 71.4 Å². The van der Waals surface area contributed by atoms with Crippen molar-refractivity contribution in [1.82, 2.24) is 19.8 Å². The number of aromatic nitrogens is 2. The summed E-state index contributed by atoms with van der Waals surface area (Å²) in [4.78, 5) is 22.7. The Labute approximate surface area is 219 Å². The molecule has 1 saturated heterocycles. The molecule has 6 nitrogen and oxygen atoms in total. The molecule has 190 valence electrons. The van der Waals surface area contributed by atoms with Crippen LogP contribution in [0.1, 0.15) is 28.0 Å². The Morgan fingerprint density at radius 1 is 0.865 bits per heavy atom. The second kappa shape index (κ2) is 11.4. The fourth-order valence-electron chi connectivity index (χ4n) is 4.95.